The van der Waals surface area contributed by atoms with Crippen LogP contribution in [0.25, 0.3) is 0 Å². The van der Waals surface area contributed by atoms with E-state index in [4.69, 9.17) is 0 Å². The van der Waals surface area contributed by atoms with Crippen LogP contribution < -0.4 is 5.30 Å². The first-order valence-corrected chi connectivity index (χ1v) is 13.7. The van der Waals surface area contributed by atoms with Gasteiger partial charge in [0.05, 0.1) is 0 Å². The summed E-state index contributed by atoms with van der Waals surface area (Å²) in [5, 5.41) is 0.495. The fraction of sp³-hybridized carbons (Fsp3) is 0.444. The number of benzene rings is 2. The minimum Gasteiger partial charge on any atom is -0.349 e. The fourth-order valence-corrected chi connectivity index (χ4v) is 7.84. The number of hydrogen-bond donors (Lipinski definition) is 0. The van der Waals surface area contributed by atoms with Crippen LogP contribution in [0.1, 0.15) is 52.7 Å². The van der Waals surface area contributed by atoms with Gasteiger partial charge in [0.25, 0.3) is 0 Å². The van der Waals surface area contributed by atoms with Crippen LogP contribution in [-0.4, -0.2) is 60.0 Å². The topological polar surface area (TPSA) is 74.8 Å². The third-order valence-corrected chi connectivity index (χ3v) is 9.55. The molecular weight excluding hydrogens is 447 g/mol. The molecule has 7 heteroatoms. The Balaban J connectivity index is 2.06. The predicted molar refractivity (Wildman–Crippen MR) is 136 cm³/mol. The summed E-state index contributed by atoms with van der Waals surface area (Å²) in [4.78, 5) is 42.3. The molecule has 0 radical (unpaired) electrons. The second-order valence-electron chi connectivity index (χ2n) is 9.51. The van der Waals surface area contributed by atoms with Gasteiger partial charge in [0.1, 0.15) is 0 Å². The smallest absolute Gasteiger partial charge is 0.226 e. The van der Waals surface area contributed by atoms with Crippen LogP contribution >= 0.6 is 7.14 Å². The first-order valence-electron chi connectivity index (χ1n) is 11.8. The summed E-state index contributed by atoms with van der Waals surface area (Å²) in [5.41, 5.74) is 2.77. The lowest BCUT2D eigenvalue weighted by atomic mass is 10.0. The van der Waals surface area contributed by atoms with E-state index in [2.05, 4.69) is 0 Å². The van der Waals surface area contributed by atoms with Gasteiger partial charge in [0.15, 0.2) is 7.14 Å². The zero-order chi connectivity index (χ0) is 25.0. The lowest BCUT2D eigenvalue weighted by molar-refractivity contribution is -0.132. The van der Waals surface area contributed by atoms with Gasteiger partial charge in [-0.25, -0.2) is 0 Å². The van der Waals surface area contributed by atoms with Gasteiger partial charge in [0.2, 0.25) is 17.3 Å². The van der Waals surface area contributed by atoms with Crippen molar-refractivity contribution in [2.24, 2.45) is 0 Å². The third-order valence-electron chi connectivity index (χ3n) is 6.60. The van der Waals surface area contributed by atoms with E-state index in [1.807, 2.05) is 39.0 Å². The molecule has 0 aliphatic carbocycles. The van der Waals surface area contributed by atoms with Crippen molar-refractivity contribution in [1.29, 1.82) is 0 Å². The summed E-state index contributed by atoms with van der Waals surface area (Å²) >= 11 is 0. The maximum atomic E-state index is 14.8. The Hall–Kier alpha value is -2.72. The van der Waals surface area contributed by atoms with Crippen molar-refractivity contribution in [2.75, 3.05) is 26.8 Å². The van der Waals surface area contributed by atoms with E-state index >= 15 is 0 Å². The summed E-state index contributed by atoms with van der Waals surface area (Å²) < 4.78 is 14.8. The quantitative estimate of drug-likeness (QED) is 0.500. The van der Waals surface area contributed by atoms with E-state index in [1.54, 1.807) is 43.3 Å². The van der Waals surface area contributed by atoms with Gasteiger partial charge in [-0.05, 0) is 44.7 Å². The predicted octanol–water partition coefficient (Wildman–Crippen LogP) is 4.30. The fourth-order valence-electron chi connectivity index (χ4n) is 4.88. The standard InChI is InChI=1S/C27H35N2O4P/c1-19-16-20(2)26(21(3)17-19)27(32)34(33,23-10-7-6-8-11-23)18-22(13-14-24(30)28(4)5)29-15-9-12-25(29)31/h6-8,10-11,16-17,22H,9,12-15,18H2,1-5H3. The van der Waals surface area contributed by atoms with E-state index in [0.717, 1.165) is 23.1 Å². The largest absolute Gasteiger partial charge is 0.349 e. The van der Waals surface area contributed by atoms with Gasteiger partial charge in [-0.15, -0.1) is 0 Å². The van der Waals surface area contributed by atoms with E-state index in [0.29, 0.717) is 30.3 Å². The Morgan fingerprint density at radius 3 is 2.21 bits per heavy atom. The van der Waals surface area contributed by atoms with Gasteiger partial charge in [-0.3, -0.25) is 14.4 Å². The van der Waals surface area contributed by atoms with Crippen LogP contribution in [-0.2, 0) is 14.2 Å². The highest BCUT2D eigenvalue weighted by Gasteiger charge is 2.41. The number of carbonyl (C=O) groups is 3. The first kappa shape index (κ1) is 25.9. The normalized spacial score (nSPS) is 16.3. The molecule has 1 fully saturated rings. The van der Waals surface area contributed by atoms with Crippen molar-refractivity contribution in [3.63, 3.8) is 0 Å². The Labute approximate surface area is 202 Å². The molecule has 2 atom stereocenters. The van der Waals surface area contributed by atoms with Crippen LogP contribution in [0.15, 0.2) is 42.5 Å². The molecule has 0 saturated carbocycles. The lowest BCUT2D eigenvalue weighted by Crippen LogP contribution is -2.41. The number of carbonyl (C=O) groups excluding carboxylic acids is 3. The zero-order valence-corrected chi connectivity index (χ0v) is 21.7. The van der Waals surface area contributed by atoms with E-state index in [9.17, 15) is 18.9 Å². The average molecular weight is 483 g/mol. The maximum Gasteiger partial charge on any atom is 0.226 e. The maximum absolute atomic E-state index is 14.8. The third kappa shape index (κ3) is 5.50. The highest BCUT2D eigenvalue weighted by atomic mass is 31.2. The van der Waals surface area contributed by atoms with E-state index in [1.165, 1.54) is 4.90 Å². The Morgan fingerprint density at radius 1 is 1.06 bits per heavy atom. The monoisotopic (exact) mass is 482 g/mol. The molecular formula is C27H35N2O4P. The molecule has 0 N–H and O–H groups in total. The second kappa shape index (κ2) is 10.7. The lowest BCUT2D eigenvalue weighted by Gasteiger charge is -2.31. The number of hydrogen-bond acceptors (Lipinski definition) is 4. The molecule has 2 aromatic carbocycles. The van der Waals surface area contributed by atoms with Gasteiger partial charge < -0.3 is 14.4 Å². The molecule has 1 heterocycles. The van der Waals surface area contributed by atoms with Crippen LogP contribution in [0.4, 0.5) is 0 Å². The molecule has 0 bridgehead atoms. The average Bonchev–Trinajstić information content (AvgIpc) is 3.21. The van der Waals surface area contributed by atoms with Gasteiger partial charge in [-0.2, -0.15) is 0 Å². The van der Waals surface area contributed by atoms with Crippen molar-refractivity contribution in [3.05, 3.63) is 64.7 Å². The molecule has 2 aromatic rings. The molecule has 182 valence electrons. The van der Waals surface area contributed by atoms with Crippen molar-refractivity contribution in [2.45, 2.75) is 52.5 Å². The van der Waals surface area contributed by atoms with Crippen LogP contribution in [0.3, 0.4) is 0 Å². The molecule has 1 aliphatic heterocycles. The SMILES string of the molecule is Cc1cc(C)c(C(=O)P(=O)(CC(CCC(=O)N(C)C)N2CCCC2=O)c2ccccc2)c(C)c1. The number of likely N-dealkylation sites (tertiary alicyclic amines) is 1. The highest BCUT2D eigenvalue weighted by Crippen LogP contribution is 2.50. The first-order chi connectivity index (χ1) is 16.0. The van der Waals surface area contributed by atoms with Crippen molar-refractivity contribution >= 4 is 29.8 Å². The molecule has 2 unspecified atom stereocenters. The summed E-state index contributed by atoms with van der Waals surface area (Å²) in [7, 11) is -0.242. The van der Waals surface area contributed by atoms with Crippen molar-refractivity contribution in [3.8, 4) is 0 Å². The zero-order valence-electron chi connectivity index (χ0n) is 20.8. The minimum atomic E-state index is -3.63. The Morgan fingerprint density at radius 2 is 1.68 bits per heavy atom. The molecule has 1 saturated heterocycles. The summed E-state index contributed by atoms with van der Waals surface area (Å²) in [6.07, 6.45) is 1.81. The van der Waals surface area contributed by atoms with E-state index in [-0.39, 0.29) is 29.9 Å². The van der Waals surface area contributed by atoms with E-state index < -0.39 is 13.2 Å². The van der Waals surface area contributed by atoms with Crippen molar-refractivity contribution < 1.29 is 18.9 Å². The van der Waals surface area contributed by atoms with Gasteiger partial charge >= 0.3 is 0 Å². The Bertz CT molecular complexity index is 1100. The molecule has 0 spiro atoms. The summed E-state index contributed by atoms with van der Waals surface area (Å²) in [5.74, 6) is -0.0557. The number of nitrogens with zero attached hydrogens (tertiary/aromatic N) is 2. The van der Waals surface area contributed by atoms with Crippen LogP contribution in [0, 0.1) is 20.8 Å². The number of aryl methyl sites for hydroxylation is 3. The summed E-state index contributed by atoms with van der Waals surface area (Å²) in [6, 6.07) is 12.3. The molecule has 1 aliphatic rings. The summed E-state index contributed by atoms with van der Waals surface area (Å²) in [6.45, 7) is 6.28. The molecule has 0 aromatic heterocycles. The van der Waals surface area contributed by atoms with Crippen molar-refractivity contribution in [1.82, 2.24) is 9.80 Å². The highest BCUT2D eigenvalue weighted by molar-refractivity contribution is 7.87. The van der Waals surface area contributed by atoms with Gasteiger partial charge in [-0.1, -0.05) is 48.0 Å². The number of rotatable bonds is 9. The molecule has 6 nitrogen and oxygen atoms in total. The molecule has 3 rings (SSSR count). The number of amides is 2. The van der Waals surface area contributed by atoms with Gasteiger partial charge in [0, 0.05) is 56.6 Å². The van der Waals surface area contributed by atoms with Crippen LogP contribution in [0.2, 0.25) is 0 Å². The van der Waals surface area contributed by atoms with Crippen LogP contribution in [0.5, 0.6) is 0 Å². The Kier molecular flexibility index (Phi) is 8.14. The molecule has 34 heavy (non-hydrogen) atoms. The molecule has 2 amide bonds. The second-order valence-corrected chi connectivity index (χ2v) is 12.3. The minimum absolute atomic E-state index is 0.00272.